The van der Waals surface area contributed by atoms with Gasteiger partial charge >= 0.3 is 30.7 Å². The number of hydrogen-bond donors (Lipinski definition) is 0. The fourth-order valence-electron chi connectivity index (χ4n) is 4.56. The molecule has 226 valence electrons. The van der Waals surface area contributed by atoms with Crippen LogP contribution in [0.3, 0.4) is 0 Å². The molecule has 0 spiro atoms. The highest BCUT2D eigenvalue weighted by Crippen LogP contribution is 2.45. The third-order valence-corrected chi connectivity index (χ3v) is 6.39. The topological polar surface area (TPSA) is 59.1 Å². The molecule has 0 aromatic heterocycles. The largest absolute Gasteiger partial charge is 0.453 e. The molecule has 0 unspecified atom stereocenters. The van der Waals surface area contributed by atoms with Gasteiger partial charge in [-0.1, -0.05) is 13.0 Å². The molecular weight excluding hydrogens is 575 g/mol. The quantitative estimate of drug-likeness (QED) is 0.325. The number of benzene rings is 2. The molecule has 0 saturated carbocycles. The molecule has 1 aliphatic rings. The highest BCUT2D eigenvalue weighted by atomic mass is 19.4. The van der Waals surface area contributed by atoms with Crippen LogP contribution in [0.2, 0.25) is 0 Å². The van der Waals surface area contributed by atoms with Crippen LogP contribution in [0.1, 0.15) is 60.5 Å². The van der Waals surface area contributed by atoms with Gasteiger partial charge in [-0.05, 0) is 61.2 Å². The van der Waals surface area contributed by atoms with E-state index in [1.54, 1.807) is 6.92 Å². The summed E-state index contributed by atoms with van der Waals surface area (Å²) in [4.78, 5) is 27.5. The predicted octanol–water partition coefficient (Wildman–Crippen LogP) is 8.20. The zero-order valence-corrected chi connectivity index (χ0v) is 21.9. The van der Waals surface area contributed by atoms with Gasteiger partial charge in [0.15, 0.2) is 0 Å². The zero-order valence-electron chi connectivity index (χ0n) is 21.9. The number of methoxy groups -OCH3 is 1. The number of fused-ring (bicyclic) bond motifs is 1. The van der Waals surface area contributed by atoms with Crippen molar-refractivity contribution in [2.24, 2.45) is 0 Å². The molecule has 0 bridgehead atoms. The average molecular weight is 600 g/mol. The molecule has 1 heterocycles. The van der Waals surface area contributed by atoms with E-state index in [0.29, 0.717) is 30.7 Å². The van der Waals surface area contributed by atoms with E-state index in [1.807, 2.05) is 0 Å². The van der Waals surface area contributed by atoms with Gasteiger partial charge in [-0.15, -0.1) is 0 Å². The first-order valence-electron chi connectivity index (χ1n) is 12.2. The monoisotopic (exact) mass is 600 g/mol. The second-order valence-electron chi connectivity index (χ2n) is 9.37. The average Bonchev–Trinajstić information content (AvgIpc) is 2.87. The number of carbonyl (C=O) groups excluding carboxylic acids is 2. The van der Waals surface area contributed by atoms with Crippen molar-refractivity contribution in [3.8, 4) is 0 Å². The maximum absolute atomic E-state index is 13.6. The highest BCUT2D eigenvalue weighted by molar-refractivity contribution is 5.90. The molecule has 0 radical (unpaired) electrons. The van der Waals surface area contributed by atoms with Gasteiger partial charge in [0.25, 0.3) is 0 Å². The SMILES string of the molecule is CCCOC(=O)N1c2cc(C(F)(F)F)ccc2[C@H](N(Cc2cc(C(F)(F)F)cc(C(F)(F)F)c2)C(=O)OC)C[C@@H]1C. The van der Waals surface area contributed by atoms with Gasteiger partial charge in [-0.2, -0.15) is 39.5 Å². The van der Waals surface area contributed by atoms with Crippen LogP contribution in [0.15, 0.2) is 36.4 Å². The first-order chi connectivity index (χ1) is 18.9. The molecule has 2 aromatic carbocycles. The second-order valence-corrected chi connectivity index (χ2v) is 9.37. The van der Waals surface area contributed by atoms with E-state index < -0.39 is 71.6 Å². The molecule has 1 aliphatic heterocycles. The number of rotatable bonds is 5. The molecule has 0 N–H and O–H groups in total. The Hall–Kier alpha value is -3.65. The number of anilines is 1. The van der Waals surface area contributed by atoms with E-state index in [9.17, 15) is 49.1 Å². The van der Waals surface area contributed by atoms with Gasteiger partial charge in [0.2, 0.25) is 0 Å². The summed E-state index contributed by atoms with van der Waals surface area (Å²) < 4.78 is 131. The van der Waals surface area contributed by atoms with Gasteiger partial charge in [-0.3, -0.25) is 9.80 Å². The Balaban J connectivity index is 2.17. The maximum atomic E-state index is 13.6. The van der Waals surface area contributed by atoms with Gasteiger partial charge in [-0.25, -0.2) is 9.59 Å². The first-order valence-corrected chi connectivity index (χ1v) is 12.2. The normalized spacial score (nSPS) is 17.6. The van der Waals surface area contributed by atoms with Crippen molar-refractivity contribution in [3.63, 3.8) is 0 Å². The molecule has 3 rings (SSSR count). The van der Waals surface area contributed by atoms with Crippen LogP contribution in [-0.4, -0.2) is 36.8 Å². The fourth-order valence-corrected chi connectivity index (χ4v) is 4.56. The van der Waals surface area contributed by atoms with Crippen molar-refractivity contribution in [1.82, 2.24) is 4.90 Å². The number of amides is 2. The lowest BCUT2D eigenvalue weighted by atomic mass is 9.89. The highest BCUT2D eigenvalue weighted by Gasteiger charge is 2.42. The summed E-state index contributed by atoms with van der Waals surface area (Å²) in [6.07, 6.45) is -17.0. The van der Waals surface area contributed by atoms with Crippen molar-refractivity contribution < 1.29 is 58.6 Å². The molecule has 0 fully saturated rings. The van der Waals surface area contributed by atoms with Gasteiger partial charge in [0.05, 0.1) is 42.1 Å². The summed E-state index contributed by atoms with van der Waals surface area (Å²) in [6.45, 7) is 2.29. The molecule has 2 aromatic rings. The summed E-state index contributed by atoms with van der Waals surface area (Å²) >= 11 is 0. The molecule has 6 nitrogen and oxygen atoms in total. The van der Waals surface area contributed by atoms with Gasteiger partial charge in [0.1, 0.15) is 0 Å². The number of alkyl halides is 9. The Kier molecular flexibility index (Phi) is 9.08. The maximum Gasteiger partial charge on any atom is 0.416 e. The predicted molar refractivity (Wildman–Crippen MR) is 127 cm³/mol. The molecular formula is C26H25F9N2O4. The summed E-state index contributed by atoms with van der Waals surface area (Å²) in [5.41, 5.74) is -5.19. The van der Waals surface area contributed by atoms with Crippen LogP contribution >= 0.6 is 0 Å². The first kappa shape index (κ1) is 31.9. The van der Waals surface area contributed by atoms with E-state index >= 15 is 0 Å². The van der Waals surface area contributed by atoms with E-state index in [2.05, 4.69) is 0 Å². The van der Waals surface area contributed by atoms with Crippen LogP contribution in [0.25, 0.3) is 0 Å². The summed E-state index contributed by atoms with van der Waals surface area (Å²) in [7, 11) is 0.928. The molecule has 0 aliphatic carbocycles. The Morgan fingerprint density at radius 3 is 1.95 bits per heavy atom. The van der Waals surface area contributed by atoms with Crippen molar-refractivity contribution in [3.05, 3.63) is 64.2 Å². The fraction of sp³-hybridized carbons (Fsp3) is 0.462. The number of halogens is 9. The van der Waals surface area contributed by atoms with E-state index in [1.165, 1.54) is 6.92 Å². The lowest BCUT2D eigenvalue weighted by molar-refractivity contribution is -0.143. The standard InChI is InChI=1S/C26H25F9N2O4/c1-4-7-41-23(39)37-14(2)8-20(19-6-5-16(12-21(19)37)24(27,28)29)36(22(38)40-3)13-15-9-17(25(30,31)32)11-18(10-15)26(33,34)35/h5-6,9-12,14,20H,4,7-8,13H2,1-3H3/t14-,20+/m0/s1. The molecule has 2 amide bonds. The molecule has 2 atom stereocenters. The molecule has 0 saturated heterocycles. The third-order valence-electron chi connectivity index (χ3n) is 6.39. The third kappa shape index (κ3) is 7.17. The van der Waals surface area contributed by atoms with E-state index in [0.717, 1.165) is 23.0 Å². The minimum atomic E-state index is -5.15. The Bertz CT molecular complexity index is 1240. The van der Waals surface area contributed by atoms with E-state index in [4.69, 9.17) is 9.47 Å². The Morgan fingerprint density at radius 1 is 0.902 bits per heavy atom. The lowest BCUT2D eigenvalue weighted by Gasteiger charge is -2.42. The van der Waals surface area contributed by atoms with Crippen LogP contribution < -0.4 is 4.90 Å². The summed E-state index contributed by atoms with van der Waals surface area (Å²) in [5.74, 6) is 0. The smallest absolute Gasteiger partial charge is 0.416 e. The van der Waals surface area contributed by atoms with Crippen LogP contribution in [0, 0.1) is 0 Å². The van der Waals surface area contributed by atoms with Crippen molar-refractivity contribution in [2.75, 3.05) is 18.6 Å². The van der Waals surface area contributed by atoms with Crippen molar-refractivity contribution in [1.29, 1.82) is 0 Å². The van der Waals surface area contributed by atoms with Crippen LogP contribution in [-0.2, 0) is 34.5 Å². The van der Waals surface area contributed by atoms with Crippen molar-refractivity contribution in [2.45, 2.75) is 63.8 Å². The Labute approximate surface area is 228 Å². The molecule has 41 heavy (non-hydrogen) atoms. The summed E-state index contributed by atoms with van der Waals surface area (Å²) in [5, 5.41) is 0. The number of ether oxygens (including phenoxy) is 2. The zero-order chi connectivity index (χ0) is 30.9. The molecule has 15 heteroatoms. The number of carbonyl (C=O) groups is 2. The number of hydrogen-bond acceptors (Lipinski definition) is 4. The number of nitrogens with zero attached hydrogens (tertiary/aromatic N) is 2. The lowest BCUT2D eigenvalue weighted by Crippen LogP contribution is -2.47. The van der Waals surface area contributed by atoms with E-state index in [-0.39, 0.29) is 30.3 Å². The minimum absolute atomic E-state index is 0.0158. The van der Waals surface area contributed by atoms with Crippen molar-refractivity contribution >= 4 is 17.9 Å². The van der Waals surface area contributed by atoms with Gasteiger partial charge < -0.3 is 9.47 Å². The minimum Gasteiger partial charge on any atom is -0.453 e. The second kappa shape index (κ2) is 11.7. The van der Waals surface area contributed by atoms with Gasteiger partial charge in [0, 0.05) is 12.6 Å². The summed E-state index contributed by atoms with van der Waals surface area (Å²) in [6, 6.07) is 1.08. The Morgan fingerprint density at radius 2 is 1.46 bits per heavy atom. The van der Waals surface area contributed by atoms with Crippen LogP contribution in [0.4, 0.5) is 54.8 Å². The van der Waals surface area contributed by atoms with Crippen LogP contribution in [0.5, 0.6) is 0 Å².